The molecule has 0 fully saturated rings. The Morgan fingerprint density at radius 1 is 1.16 bits per heavy atom. The molecule has 0 spiro atoms. The molecule has 0 saturated carbocycles. The zero-order chi connectivity index (χ0) is 14.6. The molecular formula is C14H20N2O3. The first-order chi connectivity index (χ1) is 8.81. The van der Waals surface area contributed by atoms with Crippen molar-refractivity contribution >= 4 is 17.5 Å². The van der Waals surface area contributed by atoms with E-state index in [0.29, 0.717) is 5.69 Å². The van der Waals surface area contributed by atoms with E-state index in [9.17, 15) is 9.59 Å². The molecule has 1 aromatic rings. The summed E-state index contributed by atoms with van der Waals surface area (Å²) in [5.41, 5.74) is 3.58. The van der Waals surface area contributed by atoms with Gasteiger partial charge in [0.2, 0.25) is 0 Å². The summed E-state index contributed by atoms with van der Waals surface area (Å²) in [5.74, 6) is -1.48. The van der Waals surface area contributed by atoms with Crippen LogP contribution in [0.5, 0.6) is 0 Å². The van der Waals surface area contributed by atoms with Gasteiger partial charge in [-0.15, -0.1) is 0 Å². The molecule has 0 saturated heterocycles. The lowest BCUT2D eigenvalue weighted by Crippen LogP contribution is -2.39. The molecule has 1 aromatic carbocycles. The second-order valence-corrected chi connectivity index (χ2v) is 4.79. The maximum absolute atomic E-state index is 11.7. The number of anilines is 1. The Bertz CT molecular complexity index is 472. The molecule has 5 heteroatoms. The average molecular weight is 264 g/mol. The summed E-state index contributed by atoms with van der Waals surface area (Å²) in [4.78, 5) is 23.2. The summed E-state index contributed by atoms with van der Waals surface area (Å²) in [5, 5.41) is 14.0. The van der Waals surface area contributed by atoms with Crippen LogP contribution in [0.4, 0.5) is 5.69 Å². The Kier molecular flexibility index (Phi) is 5.06. The van der Waals surface area contributed by atoms with Crippen molar-refractivity contribution in [1.82, 2.24) is 5.32 Å². The van der Waals surface area contributed by atoms with Crippen LogP contribution in [0.3, 0.4) is 0 Å². The van der Waals surface area contributed by atoms with Crippen molar-refractivity contribution < 1.29 is 14.7 Å². The van der Waals surface area contributed by atoms with E-state index >= 15 is 0 Å². The molecule has 2 amide bonds. The van der Waals surface area contributed by atoms with Gasteiger partial charge >= 0.3 is 11.8 Å². The average Bonchev–Trinajstić information content (AvgIpc) is 2.30. The van der Waals surface area contributed by atoms with E-state index in [1.807, 2.05) is 32.9 Å². The molecule has 0 aliphatic heterocycles. The first-order valence-electron chi connectivity index (χ1n) is 6.16. The zero-order valence-corrected chi connectivity index (χ0v) is 11.7. The summed E-state index contributed by atoms with van der Waals surface area (Å²) >= 11 is 0. The molecule has 1 rings (SSSR count). The Labute approximate surface area is 113 Å². The van der Waals surface area contributed by atoms with Crippen molar-refractivity contribution in [2.45, 2.75) is 33.8 Å². The van der Waals surface area contributed by atoms with Crippen molar-refractivity contribution in [2.75, 3.05) is 11.9 Å². The smallest absolute Gasteiger partial charge is 0.313 e. The van der Waals surface area contributed by atoms with E-state index in [1.54, 1.807) is 0 Å². The van der Waals surface area contributed by atoms with Crippen LogP contribution in [0.2, 0.25) is 0 Å². The molecular weight excluding hydrogens is 244 g/mol. The van der Waals surface area contributed by atoms with Crippen molar-refractivity contribution in [1.29, 1.82) is 0 Å². The van der Waals surface area contributed by atoms with Gasteiger partial charge in [-0.3, -0.25) is 9.59 Å². The molecule has 0 radical (unpaired) electrons. The third-order valence-corrected chi connectivity index (χ3v) is 2.68. The van der Waals surface area contributed by atoms with Gasteiger partial charge < -0.3 is 15.7 Å². The molecule has 0 unspecified atom stereocenters. The fourth-order valence-electron chi connectivity index (χ4n) is 1.87. The number of aryl methyl sites for hydroxylation is 3. The highest BCUT2D eigenvalue weighted by Gasteiger charge is 2.16. The number of carbonyl (C=O) groups is 2. The van der Waals surface area contributed by atoms with Gasteiger partial charge in [-0.2, -0.15) is 0 Å². The molecule has 19 heavy (non-hydrogen) atoms. The number of hydrogen-bond acceptors (Lipinski definition) is 3. The van der Waals surface area contributed by atoms with Crippen LogP contribution in [0.1, 0.15) is 23.6 Å². The topological polar surface area (TPSA) is 78.4 Å². The Morgan fingerprint density at radius 3 is 2.16 bits per heavy atom. The minimum Gasteiger partial charge on any atom is -0.392 e. The van der Waals surface area contributed by atoms with Gasteiger partial charge in [-0.1, -0.05) is 17.7 Å². The van der Waals surface area contributed by atoms with Gasteiger partial charge in [0.15, 0.2) is 0 Å². The van der Waals surface area contributed by atoms with Crippen LogP contribution in [-0.4, -0.2) is 29.6 Å². The Morgan fingerprint density at radius 2 is 1.68 bits per heavy atom. The van der Waals surface area contributed by atoms with Crippen LogP contribution in [0.15, 0.2) is 12.1 Å². The lowest BCUT2D eigenvalue weighted by molar-refractivity contribution is -0.136. The Hall–Kier alpha value is -1.88. The minimum atomic E-state index is -0.750. The maximum atomic E-state index is 11.7. The highest BCUT2D eigenvalue weighted by Crippen LogP contribution is 2.21. The van der Waals surface area contributed by atoms with E-state index < -0.39 is 17.9 Å². The van der Waals surface area contributed by atoms with Gasteiger partial charge in [-0.25, -0.2) is 0 Å². The number of aliphatic hydroxyl groups is 1. The van der Waals surface area contributed by atoms with E-state index in [4.69, 9.17) is 5.11 Å². The first kappa shape index (κ1) is 15.2. The predicted octanol–water partition coefficient (Wildman–Crippen LogP) is 1.05. The maximum Gasteiger partial charge on any atom is 0.313 e. The highest BCUT2D eigenvalue weighted by atomic mass is 16.3. The third kappa shape index (κ3) is 4.37. The van der Waals surface area contributed by atoms with Gasteiger partial charge in [0.05, 0.1) is 6.10 Å². The van der Waals surface area contributed by atoms with Crippen molar-refractivity contribution in [2.24, 2.45) is 0 Å². The van der Waals surface area contributed by atoms with Gasteiger partial charge in [-0.05, 0) is 38.8 Å². The number of carbonyl (C=O) groups excluding carboxylic acids is 2. The van der Waals surface area contributed by atoms with Gasteiger partial charge in [0.1, 0.15) is 0 Å². The van der Waals surface area contributed by atoms with E-state index in [0.717, 1.165) is 16.7 Å². The summed E-state index contributed by atoms with van der Waals surface area (Å²) in [6.45, 7) is 7.32. The van der Waals surface area contributed by atoms with Crippen LogP contribution in [0, 0.1) is 20.8 Å². The number of nitrogens with one attached hydrogen (secondary N) is 2. The van der Waals surface area contributed by atoms with Gasteiger partial charge in [0, 0.05) is 12.2 Å². The van der Waals surface area contributed by atoms with E-state index in [-0.39, 0.29) is 6.54 Å². The standard InChI is InChI=1S/C14H20N2O3/c1-8-5-9(2)12(10(3)6-8)16-14(19)13(18)15-7-11(4)17/h5-6,11,17H,7H2,1-4H3,(H,15,18)(H,16,19)/t11-/m0/s1. The quantitative estimate of drug-likeness (QED) is 0.714. The lowest BCUT2D eigenvalue weighted by Gasteiger charge is -2.13. The van der Waals surface area contributed by atoms with Crippen molar-refractivity contribution in [3.05, 3.63) is 28.8 Å². The summed E-state index contributed by atoms with van der Waals surface area (Å²) < 4.78 is 0. The molecule has 104 valence electrons. The predicted molar refractivity (Wildman–Crippen MR) is 74.0 cm³/mol. The molecule has 3 N–H and O–H groups in total. The zero-order valence-electron chi connectivity index (χ0n) is 11.7. The number of hydrogen-bond donors (Lipinski definition) is 3. The second kappa shape index (κ2) is 6.33. The van der Waals surface area contributed by atoms with Crippen molar-refractivity contribution in [3.8, 4) is 0 Å². The molecule has 0 heterocycles. The minimum absolute atomic E-state index is 0.0537. The first-order valence-corrected chi connectivity index (χ1v) is 6.16. The largest absolute Gasteiger partial charge is 0.392 e. The monoisotopic (exact) mass is 264 g/mol. The number of aliphatic hydroxyl groups excluding tert-OH is 1. The molecule has 0 bridgehead atoms. The normalized spacial score (nSPS) is 11.8. The number of amides is 2. The number of benzene rings is 1. The lowest BCUT2D eigenvalue weighted by atomic mass is 10.1. The van der Waals surface area contributed by atoms with E-state index in [1.165, 1.54) is 6.92 Å². The van der Waals surface area contributed by atoms with E-state index in [2.05, 4.69) is 10.6 Å². The van der Waals surface area contributed by atoms with Crippen LogP contribution >= 0.6 is 0 Å². The SMILES string of the molecule is Cc1cc(C)c(NC(=O)C(=O)NC[C@H](C)O)c(C)c1. The molecule has 0 aromatic heterocycles. The van der Waals surface area contributed by atoms with Crippen LogP contribution in [-0.2, 0) is 9.59 Å². The highest BCUT2D eigenvalue weighted by molar-refractivity contribution is 6.39. The Balaban J connectivity index is 2.75. The molecule has 5 nitrogen and oxygen atoms in total. The number of rotatable bonds is 3. The second-order valence-electron chi connectivity index (χ2n) is 4.79. The summed E-state index contributed by atoms with van der Waals surface area (Å²) in [6.07, 6.45) is -0.681. The van der Waals surface area contributed by atoms with Crippen LogP contribution in [0.25, 0.3) is 0 Å². The summed E-state index contributed by atoms with van der Waals surface area (Å²) in [7, 11) is 0. The summed E-state index contributed by atoms with van der Waals surface area (Å²) in [6, 6.07) is 3.88. The van der Waals surface area contributed by atoms with Gasteiger partial charge in [0.25, 0.3) is 0 Å². The fourth-order valence-corrected chi connectivity index (χ4v) is 1.87. The van der Waals surface area contributed by atoms with Crippen molar-refractivity contribution in [3.63, 3.8) is 0 Å². The molecule has 1 atom stereocenters. The van der Waals surface area contributed by atoms with Crippen LogP contribution < -0.4 is 10.6 Å². The fraction of sp³-hybridized carbons (Fsp3) is 0.429. The molecule has 0 aliphatic rings. The molecule has 0 aliphatic carbocycles. The third-order valence-electron chi connectivity index (χ3n) is 2.68.